The van der Waals surface area contributed by atoms with Gasteiger partial charge in [0.05, 0.1) is 28.8 Å². The van der Waals surface area contributed by atoms with Crippen LogP contribution in [-0.2, 0) is 5.41 Å². The number of hydrogen-bond acceptors (Lipinski definition) is 3. The van der Waals surface area contributed by atoms with Crippen molar-refractivity contribution in [3.05, 3.63) is 204 Å². The fourth-order valence-corrected chi connectivity index (χ4v) is 9.30. The zero-order valence-electron chi connectivity index (χ0n) is 30.9. The third kappa shape index (κ3) is 5.15. The number of H-pyrrole nitrogens is 2. The summed E-state index contributed by atoms with van der Waals surface area (Å²) in [6.07, 6.45) is 4.26. The van der Waals surface area contributed by atoms with E-state index >= 15 is 0 Å². The minimum Gasteiger partial charge on any atom is -0.354 e. The van der Waals surface area contributed by atoms with E-state index in [1.807, 2.05) is 42.5 Å². The second-order valence-electron chi connectivity index (χ2n) is 14.9. The predicted molar refractivity (Wildman–Crippen MR) is 231 cm³/mol. The Kier molecular flexibility index (Phi) is 7.52. The van der Waals surface area contributed by atoms with E-state index in [2.05, 4.69) is 162 Å². The molecule has 0 saturated heterocycles. The van der Waals surface area contributed by atoms with Crippen LogP contribution in [0.25, 0.3) is 78.7 Å². The van der Waals surface area contributed by atoms with Crippen LogP contribution in [0.5, 0.6) is 0 Å². The molecule has 5 nitrogen and oxygen atoms in total. The maximum Gasteiger partial charge on any atom is 0.100 e. The number of aromatic nitrogens is 4. The fourth-order valence-electron chi connectivity index (χ4n) is 9.30. The summed E-state index contributed by atoms with van der Waals surface area (Å²) in [5.74, 6) is -0.345. The van der Waals surface area contributed by atoms with Gasteiger partial charge in [-0.15, -0.1) is 0 Å². The Labute approximate surface area is 330 Å². The summed E-state index contributed by atoms with van der Waals surface area (Å²) in [7, 11) is 0. The summed E-state index contributed by atoms with van der Waals surface area (Å²) in [6, 6.07) is 63.8. The minimum absolute atomic E-state index is 0.173. The number of fused-ring (bicyclic) bond motifs is 11. The fraction of sp³-hybridized carbons (Fsp3) is 0.0577. The predicted octanol–water partition coefficient (Wildman–Crippen LogP) is 12.5. The first-order valence-corrected chi connectivity index (χ1v) is 19.4. The van der Waals surface area contributed by atoms with E-state index in [4.69, 9.17) is 9.97 Å². The molecule has 8 aromatic rings. The van der Waals surface area contributed by atoms with E-state index in [1.165, 1.54) is 0 Å². The molecule has 5 aromatic carbocycles. The van der Waals surface area contributed by atoms with Gasteiger partial charge in [0.1, 0.15) is 5.41 Å². The van der Waals surface area contributed by atoms with E-state index in [-0.39, 0.29) is 11.8 Å². The van der Waals surface area contributed by atoms with Gasteiger partial charge in [0.2, 0.25) is 0 Å². The smallest absolute Gasteiger partial charge is 0.100 e. The van der Waals surface area contributed by atoms with E-state index in [0.29, 0.717) is 0 Å². The van der Waals surface area contributed by atoms with Crippen LogP contribution in [0.4, 0.5) is 0 Å². The number of nitrogens with zero attached hydrogens (tertiary/aromatic N) is 3. The maximum atomic E-state index is 11.4. The molecule has 2 aliphatic heterocycles. The third-order valence-corrected chi connectivity index (χ3v) is 11.8. The second-order valence-corrected chi connectivity index (χ2v) is 14.9. The first-order chi connectivity index (χ1) is 28.2. The van der Waals surface area contributed by atoms with Gasteiger partial charge < -0.3 is 9.97 Å². The molecule has 5 heterocycles. The Balaban J connectivity index is 1.36. The van der Waals surface area contributed by atoms with Crippen molar-refractivity contribution in [2.45, 2.75) is 17.3 Å². The van der Waals surface area contributed by atoms with E-state index < -0.39 is 5.41 Å². The lowest BCUT2D eigenvalue weighted by molar-refractivity contribution is 0.796. The van der Waals surface area contributed by atoms with Crippen LogP contribution >= 0.6 is 0 Å². The molecule has 11 rings (SSSR count). The molecule has 0 radical (unpaired) electrons. The minimum atomic E-state index is -0.805. The molecule has 57 heavy (non-hydrogen) atoms. The Morgan fingerprint density at radius 2 is 0.737 bits per heavy atom. The SMILES string of the molecule is N#CC1(c2ccccc2)[C@@H]2c3nc(c(-c4ccccc4)c4ccc([nH]4)c(-c4ccccc4)c4nc(c(-c5ccccc5)c5ccc([nH]5)c3-c3ccccc3)C=C4)[C@@H]21. The highest BCUT2D eigenvalue weighted by Gasteiger charge is 2.72. The Bertz CT molecular complexity index is 2890. The molecule has 3 atom stereocenters. The molecule has 3 aliphatic rings. The first kappa shape index (κ1) is 32.8. The number of rotatable bonds is 5. The number of nitriles is 1. The van der Waals surface area contributed by atoms with Gasteiger partial charge in [-0.2, -0.15) is 5.26 Å². The second kappa shape index (κ2) is 13.0. The van der Waals surface area contributed by atoms with Gasteiger partial charge in [0.25, 0.3) is 0 Å². The van der Waals surface area contributed by atoms with Gasteiger partial charge in [-0.25, -0.2) is 4.98 Å². The molecular formula is C52H35N5. The summed E-state index contributed by atoms with van der Waals surface area (Å²) < 4.78 is 0. The van der Waals surface area contributed by atoms with Crippen LogP contribution in [0.15, 0.2) is 176 Å². The zero-order valence-corrected chi connectivity index (χ0v) is 30.9. The lowest BCUT2D eigenvalue weighted by Gasteiger charge is -2.16. The van der Waals surface area contributed by atoms with Crippen molar-refractivity contribution in [2.24, 2.45) is 0 Å². The van der Waals surface area contributed by atoms with Gasteiger partial charge in [0.15, 0.2) is 0 Å². The Morgan fingerprint density at radius 3 is 1.11 bits per heavy atom. The average Bonchev–Trinajstić information content (AvgIpc) is 3.89. The molecule has 3 aromatic heterocycles. The van der Waals surface area contributed by atoms with Crippen molar-refractivity contribution in [2.75, 3.05) is 0 Å². The lowest BCUT2D eigenvalue weighted by atomic mass is 9.88. The monoisotopic (exact) mass is 729 g/mol. The topological polar surface area (TPSA) is 81.2 Å². The highest BCUT2D eigenvalue weighted by Crippen LogP contribution is 2.74. The highest BCUT2D eigenvalue weighted by molar-refractivity contribution is 5.98. The molecule has 8 bridgehead atoms. The van der Waals surface area contributed by atoms with E-state index in [1.54, 1.807) is 0 Å². The molecule has 0 amide bonds. The van der Waals surface area contributed by atoms with Crippen molar-refractivity contribution in [3.63, 3.8) is 0 Å². The molecule has 2 N–H and O–H groups in total. The molecular weight excluding hydrogens is 695 g/mol. The number of hydrogen-bond donors (Lipinski definition) is 2. The summed E-state index contributed by atoms with van der Waals surface area (Å²) in [5, 5.41) is 11.4. The maximum absolute atomic E-state index is 11.4. The molecule has 5 heteroatoms. The molecule has 268 valence electrons. The van der Waals surface area contributed by atoms with Crippen molar-refractivity contribution < 1.29 is 0 Å². The number of nitrogens with one attached hydrogen (secondary N) is 2. The summed E-state index contributed by atoms with van der Waals surface area (Å²) in [6.45, 7) is 0. The largest absolute Gasteiger partial charge is 0.354 e. The third-order valence-electron chi connectivity index (χ3n) is 11.8. The van der Waals surface area contributed by atoms with Gasteiger partial charge in [-0.3, -0.25) is 4.98 Å². The van der Waals surface area contributed by atoms with Crippen LogP contribution in [0.3, 0.4) is 0 Å². The van der Waals surface area contributed by atoms with Crippen molar-refractivity contribution in [1.82, 2.24) is 19.9 Å². The zero-order chi connectivity index (χ0) is 37.9. The van der Waals surface area contributed by atoms with Crippen LogP contribution in [-0.4, -0.2) is 19.9 Å². The Morgan fingerprint density at radius 1 is 0.404 bits per heavy atom. The average molecular weight is 730 g/mol. The summed E-state index contributed by atoms with van der Waals surface area (Å²) in [4.78, 5) is 18.9. The normalized spacial score (nSPS) is 17.8. The van der Waals surface area contributed by atoms with Crippen LogP contribution in [0, 0.1) is 11.3 Å². The van der Waals surface area contributed by atoms with Gasteiger partial charge in [-0.05, 0) is 64.2 Å². The molecule has 1 unspecified atom stereocenters. The van der Waals surface area contributed by atoms with Gasteiger partial charge in [0, 0.05) is 56.2 Å². The molecule has 1 saturated carbocycles. The van der Waals surface area contributed by atoms with Gasteiger partial charge >= 0.3 is 0 Å². The summed E-state index contributed by atoms with van der Waals surface area (Å²) >= 11 is 0. The van der Waals surface area contributed by atoms with Crippen LogP contribution in [0.2, 0.25) is 0 Å². The van der Waals surface area contributed by atoms with Crippen molar-refractivity contribution >= 4 is 34.2 Å². The van der Waals surface area contributed by atoms with Gasteiger partial charge in [-0.1, -0.05) is 152 Å². The van der Waals surface area contributed by atoms with Crippen LogP contribution in [0.1, 0.15) is 40.2 Å². The molecule has 1 aliphatic carbocycles. The first-order valence-electron chi connectivity index (χ1n) is 19.4. The number of benzene rings is 5. The Hall–Kier alpha value is -7.55. The lowest BCUT2D eigenvalue weighted by Crippen LogP contribution is -2.12. The quantitative estimate of drug-likeness (QED) is 0.185. The summed E-state index contributed by atoms with van der Waals surface area (Å²) in [5.41, 5.74) is 15.8. The standard InChI is InChI=1S/C52H35N5/c53-32-52(37-24-14-5-15-25-37)48-49(52)51-47(36-22-12-4-13-23-36)43-31-29-41(56-43)45(34-18-8-2-9-19-34)39-27-26-38(54-39)44(33-16-6-1-7-17-33)40-28-30-42(55-40)46(50(48)57-51)35-20-10-3-11-21-35/h1-31,48-49,55-56H/t48-,49+,52?. The van der Waals surface area contributed by atoms with Crippen molar-refractivity contribution in [1.29, 1.82) is 5.26 Å². The van der Waals surface area contributed by atoms with E-state index in [0.717, 1.165) is 94.9 Å². The molecule has 0 spiro atoms. The number of aromatic amines is 2. The molecule has 1 fully saturated rings. The van der Waals surface area contributed by atoms with E-state index in [9.17, 15) is 5.26 Å². The van der Waals surface area contributed by atoms with Crippen molar-refractivity contribution in [3.8, 4) is 50.6 Å². The van der Waals surface area contributed by atoms with Crippen LogP contribution < -0.4 is 0 Å². The highest BCUT2D eigenvalue weighted by atomic mass is 14.9.